The van der Waals surface area contributed by atoms with E-state index in [4.69, 9.17) is 14.2 Å². The Bertz CT molecular complexity index is 528. The van der Waals surface area contributed by atoms with Gasteiger partial charge in [0, 0.05) is 0 Å². The van der Waals surface area contributed by atoms with Gasteiger partial charge in [0.2, 0.25) is 0 Å². The topological polar surface area (TPSA) is 47.9 Å². The number of benzene rings is 1. The highest BCUT2D eigenvalue weighted by molar-refractivity contribution is 7.10. The molecule has 0 fully saturated rings. The monoisotopic (exact) mass is 280 g/mol. The molecular weight excluding hydrogens is 264 g/mol. The molecule has 1 heterocycles. The maximum atomic E-state index is 10.6. The van der Waals surface area contributed by atoms with Crippen LogP contribution >= 0.6 is 11.3 Å². The minimum Gasteiger partial charge on any atom is -0.496 e. The second kappa shape index (κ2) is 5.95. The van der Waals surface area contributed by atoms with Crippen LogP contribution in [-0.4, -0.2) is 26.4 Å². The fourth-order valence-corrected chi connectivity index (χ4v) is 2.81. The molecule has 0 aliphatic heterocycles. The van der Waals surface area contributed by atoms with Gasteiger partial charge in [0.1, 0.15) is 23.4 Å². The number of aliphatic hydroxyl groups is 1. The van der Waals surface area contributed by atoms with Crippen LogP contribution in [0.2, 0.25) is 0 Å². The number of aliphatic hydroxyl groups excluding tert-OH is 1. The summed E-state index contributed by atoms with van der Waals surface area (Å²) in [5.41, 5.74) is 0.605. The van der Waals surface area contributed by atoms with Crippen molar-refractivity contribution in [3.8, 4) is 17.2 Å². The highest BCUT2D eigenvalue weighted by atomic mass is 32.1. The molecule has 0 radical (unpaired) electrons. The Morgan fingerprint density at radius 1 is 0.947 bits per heavy atom. The lowest BCUT2D eigenvalue weighted by Crippen LogP contribution is -2.04. The Morgan fingerprint density at radius 3 is 2.05 bits per heavy atom. The van der Waals surface area contributed by atoms with Crippen molar-refractivity contribution >= 4 is 11.3 Å². The van der Waals surface area contributed by atoms with Gasteiger partial charge in [0.05, 0.1) is 31.8 Å². The summed E-state index contributed by atoms with van der Waals surface area (Å²) < 4.78 is 15.9. The van der Waals surface area contributed by atoms with Crippen LogP contribution < -0.4 is 14.2 Å². The van der Waals surface area contributed by atoms with E-state index in [9.17, 15) is 5.11 Å². The van der Waals surface area contributed by atoms with Crippen molar-refractivity contribution in [2.24, 2.45) is 0 Å². The maximum absolute atomic E-state index is 10.6. The van der Waals surface area contributed by atoms with Gasteiger partial charge in [0.25, 0.3) is 0 Å². The lowest BCUT2D eigenvalue weighted by atomic mass is 10.0. The average Bonchev–Trinajstić information content (AvgIpc) is 2.93. The van der Waals surface area contributed by atoms with Crippen LogP contribution in [0.1, 0.15) is 16.5 Å². The molecular formula is C14H16O4S. The fraction of sp³-hybridized carbons (Fsp3) is 0.286. The van der Waals surface area contributed by atoms with E-state index in [1.807, 2.05) is 17.5 Å². The molecule has 2 aromatic rings. The van der Waals surface area contributed by atoms with Crippen molar-refractivity contribution in [1.82, 2.24) is 0 Å². The minimum atomic E-state index is -0.846. The van der Waals surface area contributed by atoms with Gasteiger partial charge in [-0.25, -0.2) is 0 Å². The highest BCUT2D eigenvalue weighted by Crippen LogP contribution is 2.42. The molecule has 4 nitrogen and oxygen atoms in total. The number of hydrogen-bond donors (Lipinski definition) is 1. The number of thiophene rings is 1. The van der Waals surface area contributed by atoms with Gasteiger partial charge in [-0.05, 0) is 23.6 Å². The van der Waals surface area contributed by atoms with E-state index in [2.05, 4.69) is 0 Å². The van der Waals surface area contributed by atoms with E-state index in [1.54, 1.807) is 33.5 Å². The molecule has 1 atom stereocenters. The predicted octanol–water partition coefficient (Wildman–Crippen LogP) is 2.86. The minimum absolute atomic E-state index is 0.585. The van der Waals surface area contributed by atoms with Crippen LogP contribution in [0.3, 0.4) is 0 Å². The first-order chi connectivity index (χ1) is 9.22. The lowest BCUT2D eigenvalue weighted by molar-refractivity contribution is 0.208. The Balaban J connectivity index is 2.51. The van der Waals surface area contributed by atoms with Gasteiger partial charge in [-0.2, -0.15) is 0 Å². The van der Waals surface area contributed by atoms with Crippen LogP contribution in [0, 0.1) is 0 Å². The van der Waals surface area contributed by atoms with Crippen molar-refractivity contribution < 1.29 is 19.3 Å². The Labute approximate surface area is 116 Å². The van der Waals surface area contributed by atoms with E-state index in [-0.39, 0.29) is 0 Å². The van der Waals surface area contributed by atoms with E-state index < -0.39 is 6.10 Å². The SMILES string of the molecule is COc1ccsc1C(O)c1c(OC)cccc1OC. The molecule has 0 aliphatic carbocycles. The van der Waals surface area contributed by atoms with Crippen molar-refractivity contribution in [2.75, 3.05) is 21.3 Å². The normalized spacial score (nSPS) is 12.0. The predicted molar refractivity (Wildman–Crippen MR) is 74.5 cm³/mol. The number of ether oxygens (including phenoxy) is 3. The molecule has 102 valence electrons. The molecule has 0 bridgehead atoms. The summed E-state index contributed by atoms with van der Waals surface area (Å²) in [5, 5.41) is 12.5. The van der Waals surface area contributed by atoms with Crippen LogP contribution in [0.15, 0.2) is 29.6 Å². The average molecular weight is 280 g/mol. The highest BCUT2D eigenvalue weighted by Gasteiger charge is 2.24. The van der Waals surface area contributed by atoms with E-state index in [0.29, 0.717) is 22.8 Å². The molecule has 2 rings (SSSR count). The van der Waals surface area contributed by atoms with Crippen molar-refractivity contribution in [1.29, 1.82) is 0 Å². The Kier molecular flexibility index (Phi) is 4.29. The first-order valence-electron chi connectivity index (χ1n) is 5.73. The summed E-state index contributed by atoms with van der Waals surface area (Å²) in [6.45, 7) is 0. The molecule has 1 aromatic heterocycles. The zero-order valence-corrected chi connectivity index (χ0v) is 11.9. The van der Waals surface area contributed by atoms with Crippen LogP contribution in [0.4, 0.5) is 0 Å². The van der Waals surface area contributed by atoms with Gasteiger partial charge in [-0.1, -0.05) is 6.07 Å². The van der Waals surface area contributed by atoms with Crippen LogP contribution in [-0.2, 0) is 0 Å². The summed E-state index contributed by atoms with van der Waals surface area (Å²) in [4.78, 5) is 0.727. The van der Waals surface area contributed by atoms with Gasteiger partial charge in [0.15, 0.2) is 0 Å². The number of rotatable bonds is 5. The van der Waals surface area contributed by atoms with E-state index >= 15 is 0 Å². The second-order valence-corrected chi connectivity index (χ2v) is 4.78. The summed E-state index contributed by atoms with van der Waals surface area (Å²) in [6, 6.07) is 7.23. The third kappa shape index (κ3) is 2.52. The number of methoxy groups -OCH3 is 3. The summed E-state index contributed by atoms with van der Waals surface area (Å²) in [5.74, 6) is 1.83. The van der Waals surface area contributed by atoms with Crippen LogP contribution in [0.25, 0.3) is 0 Å². The maximum Gasteiger partial charge on any atom is 0.135 e. The van der Waals surface area contributed by atoms with Crippen molar-refractivity contribution in [3.63, 3.8) is 0 Å². The molecule has 0 aliphatic rings. The molecule has 0 saturated carbocycles. The van der Waals surface area contributed by atoms with Gasteiger partial charge in [-0.3, -0.25) is 0 Å². The zero-order chi connectivity index (χ0) is 13.8. The molecule has 1 unspecified atom stereocenters. The Hall–Kier alpha value is -1.72. The van der Waals surface area contributed by atoms with E-state index in [1.165, 1.54) is 11.3 Å². The molecule has 5 heteroatoms. The van der Waals surface area contributed by atoms with Crippen LogP contribution in [0.5, 0.6) is 17.2 Å². The summed E-state index contributed by atoms with van der Waals surface area (Å²) in [6.07, 6.45) is -0.846. The molecule has 0 saturated heterocycles. The molecule has 0 amide bonds. The largest absolute Gasteiger partial charge is 0.496 e. The first-order valence-corrected chi connectivity index (χ1v) is 6.61. The second-order valence-electron chi connectivity index (χ2n) is 3.83. The summed E-state index contributed by atoms with van der Waals surface area (Å²) in [7, 11) is 4.71. The smallest absolute Gasteiger partial charge is 0.135 e. The lowest BCUT2D eigenvalue weighted by Gasteiger charge is -2.18. The molecule has 19 heavy (non-hydrogen) atoms. The third-order valence-electron chi connectivity index (χ3n) is 2.86. The standard InChI is InChI=1S/C14H16O4S/c1-16-9-5-4-6-10(17-2)12(9)13(15)14-11(18-3)7-8-19-14/h4-8,13,15H,1-3H3. The molecule has 1 aromatic carbocycles. The third-order valence-corrected chi connectivity index (χ3v) is 3.82. The van der Waals surface area contributed by atoms with Gasteiger partial charge < -0.3 is 19.3 Å². The van der Waals surface area contributed by atoms with Crippen molar-refractivity contribution in [2.45, 2.75) is 6.10 Å². The fourth-order valence-electron chi connectivity index (χ4n) is 1.96. The van der Waals surface area contributed by atoms with E-state index in [0.717, 1.165) is 4.88 Å². The van der Waals surface area contributed by atoms with Crippen molar-refractivity contribution in [3.05, 3.63) is 40.1 Å². The first kappa shape index (κ1) is 13.7. The molecule has 1 N–H and O–H groups in total. The quantitative estimate of drug-likeness (QED) is 0.915. The van der Waals surface area contributed by atoms with Gasteiger partial charge in [-0.15, -0.1) is 11.3 Å². The summed E-state index contributed by atoms with van der Waals surface area (Å²) >= 11 is 1.43. The molecule has 0 spiro atoms. The zero-order valence-electron chi connectivity index (χ0n) is 11.0. The van der Waals surface area contributed by atoms with Gasteiger partial charge >= 0.3 is 0 Å². The Morgan fingerprint density at radius 2 is 1.53 bits per heavy atom. The number of hydrogen-bond acceptors (Lipinski definition) is 5.